The molecule has 0 saturated carbocycles. The van der Waals surface area contributed by atoms with Crippen molar-refractivity contribution in [2.45, 2.75) is 12.5 Å². The minimum absolute atomic E-state index is 0.0751. The van der Waals surface area contributed by atoms with Crippen molar-refractivity contribution in [2.24, 2.45) is 28.3 Å². The number of carbonyl (C=O) groups is 3. The van der Waals surface area contributed by atoms with Crippen LogP contribution < -0.4 is 43.5 Å². The normalized spacial score (nSPS) is 17.2. The number of hydrogen-bond donors (Lipinski definition) is 6. The van der Waals surface area contributed by atoms with E-state index in [1.807, 2.05) is 0 Å². The Hall–Kier alpha value is -4.72. The third-order valence-corrected chi connectivity index (χ3v) is 6.39. The van der Waals surface area contributed by atoms with E-state index in [-0.39, 0.29) is 47.3 Å². The van der Waals surface area contributed by atoms with Crippen LogP contribution in [0.3, 0.4) is 0 Å². The van der Waals surface area contributed by atoms with Gasteiger partial charge in [0.1, 0.15) is 23.9 Å². The fraction of sp³-hybridized carbons (Fsp3) is 0.185. The lowest BCUT2D eigenvalue weighted by atomic mass is 9.99. The highest BCUT2D eigenvalue weighted by atomic mass is 35.5. The lowest BCUT2D eigenvalue weighted by molar-refractivity contribution is -0.122. The Morgan fingerprint density at radius 1 is 1.26 bits per heavy atom. The van der Waals surface area contributed by atoms with E-state index in [1.54, 1.807) is 24.3 Å². The Bertz CT molecular complexity index is 1470. The molecule has 3 rings (SSSR count). The molecule has 0 spiro atoms. The van der Waals surface area contributed by atoms with Gasteiger partial charge in [-0.15, -0.1) is 0 Å². The lowest BCUT2D eigenvalue weighted by Crippen LogP contribution is -2.41. The number of hydrazone groups is 1. The van der Waals surface area contributed by atoms with Crippen LogP contribution in [-0.2, 0) is 14.3 Å². The van der Waals surface area contributed by atoms with Gasteiger partial charge in [0.25, 0.3) is 0 Å². The first kappa shape index (κ1) is 31.8. The largest absolute Gasteiger partial charge is 0.491 e. The number of nitrogens with one attached hydrogen (secondary N) is 2. The summed E-state index contributed by atoms with van der Waals surface area (Å²) < 4.78 is 10.6. The second-order valence-corrected chi connectivity index (χ2v) is 9.62. The molecule has 0 fully saturated rings. The topological polar surface area (TPSA) is 213 Å². The predicted molar refractivity (Wildman–Crippen MR) is 162 cm³/mol. The Morgan fingerprint density at radius 3 is 2.71 bits per heavy atom. The van der Waals surface area contributed by atoms with E-state index in [1.165, 1.54) is 43.8 Å². The van der Waals surface area contributed by atoms with E-state index in [0.29, 0.717) is 21.8 Å². The molecule has 1 atom stereocenters. The van der Waals surface area contributed by atoms with Crippen LogP contribution in [0.4, 0.5) is 5.69 Å². The summed E-state index contributed by atoms with van der Waals surface area (Å²) in [5.74, 6) is 9.82. The molecule has 0 aromatic heterocycles. The maximum atomic E-state index is 13.1. The number of carbonyl (C=O) groups excluding carboxylic acids is 3. The van der Waals surface area contributed by atoms with Gasteiger partial charge in [0.15, 0.2) is 0 Å². The number of nitrogens with zero attached hydrogens (tertiary/aromatic N) is 2. The Balaban J connectivity index is 1.97. The molecule has 0 bridgehead atoms. The van der Waals surface area contributed by atoms with E-state index in [4.69, 9.17) is 55.8 Å². The van der Waals surface area contributed by atoms with Gasteiger partial charge >= 0.3 is 5.97 Å². The molecule has 1 aliphatic rings. The van der Waals surface area contributed by atoms with Crippen LogP contribution in [0.25, 0.3) is 11.8 Å². The molecule has 2 amide bonds. The van der Waals surface area contributed by atoms with E-state index in [0.717, 1.165) is 5.01 Å². The van der Waals surface area contributed by atoms with Crippen molar-refractivity contribution in [3.8, 4) is 5.75 Å². The summed E-state index contributed by atoms with van der Waals surface area (Å²) in [6.45, 7) is 0.200. The second-order valence-electron chi connectivity index (χ2n) is 8.78. The number of benzene rings is 2. The van der Waals surface area contributed by atoms with Crippen molar-refractivity contribution in [3.05, 3.63) is 81.0 Å². The predicted octanol–water partition coefficient (Wildman–Crippen LogP) is 1.51. The highest BCUT2D eigenvalue weighted by Crippen LogP contribution is 2.28. The van der Waals surface area contributed by atoms with Crippen LogP contribution >= 0.6 is 23.2 Å². The number of ether oxygens (including phenoxy) is 2. The molecule has 0 saturated heterocycles. The fourth-order valence-corrected chi connectivity index (χ4v) is 4.33. The molecule has 1 unspecified atom stereocenters. The molecule has 0 aliphatic carbocycles. The quantitative estimate of drug-likeness (QED) is 0.0523. The van der Waals surface area contributed by atoms with Gasteiger partial charge in [0.2, 0.25) is 11.8 Å². The minimum Gasteiger partial charge on any atom is -0.491 e. The number of hydrogen-bond acceptors (Lipinski definition) is 10. The van der Waals surface area contributed by atoms with Crippen molar-refractivity contribution in [3.63, 3.8) is 0 Å². The zero-order valence-electron chi connectivity index (χ0n) is 22.5. The van der Waals surface area contributed by atoms with Crippen LogP contribution in [0.1, 0.15) is 27.9 Å². The van der Waals surface area contributed by atoms with Crippen LogP contribution in [0, 0.1) is 0 Å². The van der Waals surface area contributed by atoms with Gasteiger partial charge in [-0.2, -0.15) is 5.10 Å². The second kappa shape index (κ2) is 14.8. The zero-order chi connectivity index (χ0) is 30.8. The Kier molecular flexibility index (Phi) is 11.2. The van der Waals surface area contributed by atoms with E-state index >= 15 is 0 Å². The number of anilines is 1. The van der Waals surface area contributed by atoms with Crippen molar-refractivity contribution < 1.29 is 23.9 Å². The first-order chi connectivity index (χ1) is 20.0. The highest BCUT2D eigenvalue weighted by molar-refractivity contribution is 6.31. The molecule has 0 radical (unpaired) electrons. The summed E-state index contributed by atoms with van der Waals surface area (Å²) in [5, 5.41) is 10.2. The first-order valence-corrected chi connectivity index (χ1v) is 13.1. The molecular formula is C27H30Cl2N8O5. The van der Waals surface area contributed by atoms with E-state index in [2.05, 4.69) is 15.7 Å². The Morgan fingerprint density at radius 2 is 2.02 bits per heavy atom. The number of halogens is 2. The number of nitrogens with two attached hydrogens (primary N) is 4. The molecule has 42 heavy (non-hydrogen) atoms. The first-order valence-electron chi connectivity index (χ1n) is 12.3. The van der Waals surface area contributed by atoms with Gasteiger partial charge in [0, 0.05) is 33.5 Å². The van der Waals surface area contributed by atoms with Crippen molar-refractivity contribution in [2.75, 3.05) is 25.3 Å². The highest BCUT2D eigenvalue weighted by Gasteiger charge is 2.23. The molecule has 15 heteroatoms. The number of methoxy groups -OCH3 is 1. The van der Waals surface area contributed by atoms with Crippen LogP contribution in [0.15, 0.2) is 64.4 Å². The molecule has 222 valence electrons. The third-order valence-electron chi connectivity index (χ3n) is 5.94. The number of rotatable bonds is 6. The molecule has 2 aromatic carbocycles. The average molecular weight is 617 g/mol. The van der Waals surface area contributed by atoms with Crippen LogP contribution in [-0.4, -0.2) is 50.4 Å². The van der Waals surface area contributed by atoms with Gasteiger partial charge in [-0.1, -0.05) is 23.2 Å². The summed E-state index contributed by atoms with van der Waals surface area (Å²) in [4.78, 5) is 37.9. The van der Waals surface area contributed by atoms with E-state index in [9.17, 15) is 14.4 Å². The molecule has 1 aliphatic heterocycles. The van der Waals surface area contributed by atoms with Gasteiger partial charge in [-0.25, -0.2) is 10.6 Å². The van der Waals surface area contributed by atoms with Crippen molar-refractivity contribution in [1.29, 1.82) is 0 Å². The van der Waals surface area contributed by atoms with Gasteiger partial charge < -0.3 is 37.4 Å². The standard InChI is InChI=1S/C27H30Cl2N8O5/c1-41-27(40)16-2-5-18-20(30)12-19(26(29)31)21(13-25(39)34-8-9-42-23(18)11-16)36-24(38)7-3-15-10-17(28)4-6-22(15)37(33)14-35-32/h2-7,10-12,14,21H,8-9,13,30-33H2,1H3,(H,34,39)(H,36,38)/b7-3+,20-12?,26-19+,35-14-. The monoisotopic (exact) mass is 616 g/mol. The van der Waals surface area contributed by atoms with Crippen LogP contribution in [0.5, 0.6) is 5.75 Å². The van der Waals surface area contributed by atoms with Crippen molar-refractivity contribution >= 4 is 64.8 Å². The van der Waals surface area contributed by atoms with Gasteiger partial charge in [-0.05, 0) is 48.6 Å². The zero-order valence-corrected chi connectivity index (χ0v) is 24.0. The summed E-state index contributed by atoms with van der Waals surface area (Å²) in [6, 6.07) is 8.41. The minimum atomic E-state index is -0.981. The molecule has 1 heterocycles. The lowest BCUT2D eigenvalue weighted by Gasteiger charge is -2.22. The number of fused-ring (bicyclic) bond motifs is 1. The summed E-state index contributed by atoms with van der Waals surface area (Å²) >= 11 is 12.4. The summed E-state index contributed by atoms with van der Waals surface area (Å²) in [6.07, 6.45) is 5.09. The Labute approximate surface area is 251 Å². The maximum Gasteiger partial charge on any atom is 0.337 e. The van der Waals surface area contributed by atoms with Crippen LogP contribution in [0.2, 0.25) is 5.02 Å². The maximum absolute atomic E-state index is 13.1. The average Bonchev–Trinajstić information content (AvgIpc) is 2.95. The van der Waals surface area contributed by atoms with E-state index < -0.39 is 23.8 Å². The molecule has 2 aromatic rings. The molecule has 13 nitrogen and oxygen atoms in total. The van der Waals surface area contributed by atoms with Gasteiger partial charge in [0.05, 0.1) is 37.4 Å². The summed E-state index contributed by atoms with van der Waals surface area (Å²) in [5.41, 5.74) is 14.3. The SMILES string of the molecule is COC(=O)c1ccc2c(c1)OCCNC(=O)CC(NC(=O)/C=C/c1cc(Cl)ccc1N(N)/C=N\N)/C(=C(/N)Cl)C=C2N. The number of esters is 1. The third kappa shape index (κ3) is 8.39. The smallest absolute Gasteiger partial charge is 0.337 e. The molecule has 10 N–H and O–H groups in total. The summed E-state index contributed by atoms with van der Waals surface area (Å²) in [7, 11) is 1.26. The number of hydrazine groups is 1. The molecular weight excluding hydrogens is 587 g/mol. The number of amides is 2. The fourth-order valence-electron chi connectivity index (χ4n) is 3.97. The van der Waals surface area contributed by atoms with Gasteiger partial charge in [-0.3, -0.25) is 14.6 Å². The van der Waals surface area contributed by atoms with Crippen molar-refractivity contribution in [1.82, 2.24) is 10.6 Å².